The molecule has 0 aliphatic carbocycles. The van der Waals surface area contributed by atoms with Crippen LogP contribution in [0.15, 0.2) is 29.2 Å². The quantitative estimate of drug-likeness (QED) is 0.743. The van der Waals surface area contributed by atoms with Gasteiger partial charge in [-0.2, -0.15) is 5.26 Å². The van der Waals surface area contributed by atoms with E-state index in [1.807, 2.05) is 6.07 Å². The molecule has 0 spiro atoms. The molecule has 0 aromatic heterocycles. The number of nitriles is 1. The number of thioether (sulfide) groups is 1. The Morgan fingerprint density at radius 2 is 2.07 bits per heavy atom. The molecule has 2 nitrogen and oxygen atoms in total. The van der Waals surface area contributed by atoms with Crippen LogP contribution in [0.4, 0.5) is 0 Å². The molecule has 4 heteroatoms. The first-order valence-electron chi connectivity index (χ1n) is 3.96. The van der Waals surface area contributed by atoms with E-state index in [4.69, 9.17) is 16.9 Å². The summed E-state index contributed by atoms with van der Waals surface area (Å²) in [5.41, 5.74) is 0. The minimum Gasteiger partial charge on any atom is -0.298 e. The average Bonchev–Trinajstić information content (AvgIpc) is 2.16. The first kappa shape index (κ1) is 11.1. The Morgan fingerprint density at radius 3 is 2.50 bits per heavy atom. The standard InChI is InChI=1S/C10H8ClNOS/c1-7(13)10(6-12)14-9-4-2-8(11)3-5-9/h2-5,10H,1H3. The molecule has 1 rings (SSSR count). The van der Waals surface area contributed by atoms with Crippen molar-refractivity contribution >= 4 is 29.1 Å². The first-order valence-corrected chi connectivity index (χ1v) is 5.21. The average molecular weight is 226 g/mol. The second-order valence-corrected chi connectivity index (χ2v) is 4.31. The number of hydrogen-bond donors (Lipinski definition) is 0. The summed E-state index contributed by atoms with van der Waals surface area (Å²) >= 11 is 6.94. The zero-order chi connectivity index (χ0) is 10.6. The van der Waals surface area contributed by atoms with Crippen LogP contribution < -0.4 is 0 Å². The number of hydrogen-bond acceptors (Lipinski definition) is 3. The Morgan fingerprint density at radius 1 is 1.50 bits per heavy atom. The maximum Gasteiger partial charge on any atom is 0.157 e. The zero-order valence-electron chi connectivity index (χ0n) is 7.53. The van der Waals surface area contributed by atoms with Gasteiger partial charge in [0.05, 0.1) is 6.07 Å². The second kappa shape index (κ2) is 5.04. The molecule has 0 radical (unpaired) electrons. The van der Waals surface area contributed by atoms with Gasteiger partial charge in [-0.05, 0) is 31.2 Å². The smallest absolute Gasteiger partial charge is 0.157 e. The number of Topliss-reactive ketones (excluding diaryl/α,β-unsaturated/α-hetero) is 1. The SMILES string of the molecule is CC(=O)C(C#N)Sc1ccc(Cl)cc1. The number of halogens is 1. The largest absolute Gasteiger partial charge is 0.298 e. The number of ketones is 1. The summed E-state index contributed by atoms with van der Waals surface area (Å²) in [4.78, 5) is 11.8. The Kier molecular flexibility index (Phi) is 3.99. The highest BCUT2D eigenvalue weighted by Crippen LogP contribution is 2.24. The summed E-state index contributed by atoms with van der Waals surface area (Å²) in [7, 11) is 0. The Hall–Kier alpha value is -0.980. The van der Waals surface area contributed by atoms with Crippen molar-refractivity contribution in [3.05, 3.63) is 29.3 Å². The lowest BCUT2D eigenvalue weighted by Crippen LogP contribution is -2.09. The van der Waals surface area contributed by atoms with Crippen molar-refractivity contribution in [1.82, 2.24) is 0 Å². The van der Waals surface area contributed by atoms with Gasteiger partial charge in [-0.15, -0.1) is 0 Å². The molecule has 1 atom stereocenters. The lowest BCUT2D eigenvalue weighted by Gasteiger charge is -2.04. The van der Waals surface area contributed by atoms with Crippen LogP contribution in [0.5, 0.6) is 0 Å². The molecule has 0 saturated carbocycles. The molecule has 0 N–H and O–H groups in total. The van der Waals surface area contributed by atoms with Crippen LogP contribution in [0.25, 0.3) is 0 Å². The fourth-order valence-electron chi connectivity index (χ4n) is 0.849. The highest BCUT2D eigenvalue weighted by atomic mass is 35.5. The van der Waals surface area contributed by atoms with Gasteiger partial charge in [0.25, 0.3) is 0 Å². The lowest BCUT2D eigenvalue weighted by molar-refractivity contribution is -0.115. The minimum atomic E-state index is -0.629. The number of nitrogens with zero attached hydrogens (tertiary/aromatic N) is 1. The van der Waals surface area contributed by atoms with Gasteiger partial charge in [0.15, 0.2) is 11.0 Å². The third-order valence-electron chi connectivity index (χ3n) is 1.55. The van der Waals surface area contributed by atoms with Gasteiger partial charge in [0.1, 0.15) is 0 Å². The molecule has 14 heavy (non-hydrogen) atoms. The Bertz CT molecular complexity index is 369. The van der Waals surface area contributed by atoms with Crippen LogP contribution in [0.1, 0.15) is 6.92 Å². The second-order valence-electron chi connectivity index (χ2n) is 2.69. The molecule has 0 aliphatic heterocycles. The van der Waals surface area contributed by atoms with E-state index in [1.54, 1.807) is 24.3 Å². The van der Waals surface area contributed by atoms with Crippen molar-refractivity contribution in [2.45, 2.75) is 17.1 Å². The Balaban J connectivity index is 2.74. The van der Waals surface area contributed by atoms with E-state index in [0.29, 0.717) is 5.02 Å². The summed E-state index contributed by atoms with van der Waals surface area (Å²) in [6.45, 7) is 1.41. The van der Waals surface area contributed by atoms with Crippen molar-refractivity contribution in [2.75, 3.05) is 0 Å². The molecule has 0 heterocycles. The molecule has 1 unspecified atom stereocenters. The molecular weight excluding hydrogens is 218 g/mol. The van der Waals surface area contributed by atoms with E-state index in [2.05, 4.69) is 0 Å². The van der Waals surface area contributed by atoms with Crippen molar-refractivity contribution in [3.8, 4) is 6.07 Å². The number of rotatable bonds is 3. The number of benzene rings is 1. The van der Waals surface area contributed by atoms with Gasteiger partial charge in [-0.1, -0.05) is 23.4 Å². The normalized spacial score (nSPS) is 11.8. The first-order chi connectivity index (χ1) is 6.63. The summed E-state index contributed by atoms with van der Waals surface area (Å²) < 4.78 is 0. The Labute approximate surface area is 91.9 Å². The minimum absolute atomic E-state index is 0.132. The summed E-state index contributed by atoms with van der Waals surface area (Å²) in [5.74, 6) is -0.132. The fourth-order valence-corrected chi connectivity index (χ4v) is 1.76. The topological polar surface area (TPSA) is 40.9 Å². The van der Waals surface area contributed by atoms with Gasteiger partial charge in [0.2, 0.25) is 0 Å². The summed E-state index contributed by atoms with van der Waals surface area (Å²) in [5, 5.41) is 8.71. The molecule has 1 aromatic carbocycles. The van der Waals surface area contributed by atoms with Gasteiger partial charge < -0.3 is 0 Å². The lowest BCUT2D eigenvalue weighted by atomic mass is 10.3. The van der Waals surface area contributed by atoms with Crippen molar-refractivity contribution in [3.63, 3.8) is 0 Å². The van der Waals surface area contributed by atoms with E-state index in [-0.39, 0.29) is 5.78 Å². The predicted octanol–water partition coefficient (Wildman–Crippen LogP) is 2.91. The zero-order valence-corrected chi connectivity index (χ0v) is 9.10. The molecule has 0 amide bonds. The van der Waals surface area contributed by atoms with Crippen molar-refractivity contribution < 1.29 is 4.79 Å². The van der Waals surface area contributed by atoms with Crippen molar-refractivity contribution in [2.24, 2.45) is 0 Å². The van der Waals surface area contributed by atoms with Gasteiger partial charge in [-0.3, -0.25) is 4.79 Å². The highest BCUT2D eigenvalue weighted by Gasteiger charge is 2.13. The maximum absolute atomic E-state index is 11.0. The molecule has 0 fully saturated rings. The number of carbonyl (C=O) groups is 1. The van der Waals surface area contributed by atoms with Gasteiger partial charge in [-0.25, -0.2) is 0 Å². The van der Waals surface area contributed by atoms with Gasteiger partial charge in [0, 0.05) is 9.92 Å². The van der Waals surface area contributed by atoms with E-state index in [0.717, 1.165) is 4.90 Å². The fraction of sp³-hybridized carbons (Fsp3) is 0.200. The molecule has 0 bridgehead atoms. The third-order valence-corrected chi connectivity index (χ3v) is 3.02. The molecule has 0 saturated heterocycles. The molecule has 0 aliphatic rings. The van der Waals surface area contributed by atoms with Crippen LogP contribution >= 0.6 is 23.4 Å². The molecule has 72 valence electrons. The van der Waals surface area contributed by atoms with Crippen LogP contribution in [-0.4, -0.2) is 11.0 Å². The van der Waals surface area contributed by atoms with Gasteiger partial charge >= 0.3 is 0 Å². The predicted molar refractivity (Wildman–Crippen MR) is 57.4 cm³/mol. The van der Waals surface area contributed by atoms with Crippen LogP contribution in [0.2, 0.25) is 5.02 Å². The van der Waals surface area contributed by atoms with E-state index < -0.39 is 5.25 Å². The van der Waals surface area contributed by atoms with Crippen LogP contribution in [-0.2, 0) is 4.79 Å². The number of carbonyl (C=O) groups excluding carboxylic acids is 1. The molecular formula is C10H8ClNOS. The summed E-state index contributed by atoms with van der Waals surface area (Å²) in [6.07, 6.45) is 0. The van der Waals surface area contributed by atoms with Crippen LogP contribution in [0, 0.1) is 11.3 Å². The highest BCUT2D eigenvalue weighted by molar-refractivity contribution is 8.00. The summed E-state index contributed by atoms with van der Waals surface area (Å²) in [6, 6.07) is 9.00. The third kappa shape index (κ3) is 3.06. The van der Waals surface area contributed by atoms with E-state index in [9.17, 15) is 4.79 Å². The maximum atomic E-state index is 11.0. The monoisotopic (exact) mass is 225 g/mol. The van der Waals surface area contributed by atoms with E-state index in [1.165, 1.54) is 18.7 Å². The molecule has 1 aromatic rings. The van der Waals surface area contributed by atoms with Crippen LogP contribution in [0.3, 0.4) is 0 Å². The van der Waals surface area contributed by atoms with Crippen molar-refractivity contribution in [1.29, 1.82) is 5.26 Å². The van der Waals surface area contributed by atoms with E-state index >= 15 is 0 Å².